The second-order valence-electron chi connectivity index (χ2n) is 3.63. The number of hydrogen-bond donors (Lipinski definition) is 1. The highest BCUT2D eigenvalue weighted by Crippen LogP contribution is 2.25. The van der Waals surface area contributed by atoms with Crippen LogP contribution in [0.3, 0.4) is 0 Å². The maximum absolute atomic E-state index is 13.1. The first-order valence-corrected chi connectivity index (χ1v) is 6.73. The van der Waals surface area contributed by atoms with Gasteiger partial charge in [0.25, 0.3) is 0 Å². The molecule has 0 aromatic heterocycles. The van der Waals surface area contributed by atoms with E-state index >= 15 is 0 Å². The number of halogens is 2. The molecule has 0 fully saturated rings. The summed E-state index contributed by atoms with van der Waals surface area (Å²) < 4.78 is 36.5. The zero-order valence-corrected chi connectivity index (χ0v) is 12.0. The maximum atomic E-state index is 13.1. The van der Waals surface area contributed by atoms with Gasteiger partial charge in [-0.2, -0.15) is 4.21 Å². The Kier molecular flexibility index (Phi) is 5.24. The number of benzene rings is 1. The van der Waals surface area contributed by atoms with Crippen LogP contribution in [0.15, 0.2) is 22.7 Å². The van der Waals surface area contributed by atoms with Gasteiger partial charge in [0.05, 0.1) is 4.47 Å². The van der Waals surface area contributed by atoms with Gasteiger partial charge in [-0.1, -0.05) is 0 Å². The lowest BCUT2D eigenvalue weighted by Crippen LogP contribution is -2.37. The van der Waals surface area contributed by atoms with Crippen molar-refractivity contribution >= 4 is 39.1 Å². The van der Waals surface area contributed by atoms with E-state index in [0.29, 0.717) is 5.69 Å². The molecule has 18 heavy (non-hydrogen) atoms. The monoisotopic (exact) mass is 339 g/mol. The number of rotatable bonds is 3. The Morgan fingerprint density at radius 2 is 2.17 bits per heavy atom. The average molecular weight is 340 g/mol. The number of anilines is 1. The first kappa shape index (κ1) is 15.1. The molecule has 1 unspecified atom stereocenters. The van der Waals surface area contributed by atoms with Gasteiger partial charge in [0.2, 0.25) is 0 Å². The van der Waals surface area contributed by atoms with Gasteiger partial charge in [0, 0.05) is 11.7 Å². The standard InChI is InChI=1S/C10H11BrFNO4S/c1-6(2)13(10(14)17-18(15)16)7-3-4-9(12)8(11)5-7/h3-6H,1-2H3,(H,15,16). The lowest BCUT2D eigenvalue weighted by Gasteiger charge is -2.25. The molecule has 0 radical (unpaired) electrons. The van der Waals surface area contributed by atoms with Crippen molar-refractivity contribution in [2.45, 2.75) is 19.9 Å². The molecule has 0 saturated heterocycles. The van der Waals surface area contributed by atoms with E-state index in [1.165, 1.54) is 18.2 Å². The normalized spacial score (nSPS) is 12.3. The molecule has 0 saturated carbocycles. The zero-order chi connectivity index (χ0) is 13.9. The summed E-state index contributed by atoms with van der Waals surface area (Å²) >= 11 is 0.307. The third-order valence-electron chi connectivity index (χ3n) is 2.04. The number of carbonyl (C=O) groups excluding carboxylic acids is 1. The van der Waals surface area contributed by atoms with Crippen molar-refractivity contribution in [3.05, 3.63) is 28.5 Å². The Labute approximate surface area is 115 Å². The van der Waals surface area contributed by atoms with Crippen molar-refractivity contribution < 1.29 is 22.1 Å². The Hall–Kier alpha value is -0.990. The second kappa shape index (κ2) is 6.26. The molecule has 1 amide bonds. The molecule has 0 bridgehead atoms. The van der Waals surface area contributed by atoms with Crippen LogP contribution in [0.1, 0.15) is 13.8 Å². The topological polar surface area (TPSA) is 66.8 Å². The minimum Gasteiger partial charge on any atom is -0.325 e. The molecule has 0 heterocycles. The molecular weight excluding hydrogens is 329 g/mol. The fourth-order valence-corrected chi connectivity index (χ4v) is 1.92. The van der Waals surface area contributed by atoms with E-state index in [2.05, 4.69) is 20.1 Å². The first-order chi connectivity index (χ1) is 8.32. The SMILES string of the molecule is CC(C)N(C(=O)OS(=O)O)c1ccc(F)c(Br)c1. The van der Waals surface area contributed by atoms with Crippen LogP contribution in [-0.4, -0.2) is 20.9 Å². The average Bonchev–Trinajstić information content (AvgIpc) is 2.21. The molecule has 100 valence electrons. The Morgan fingerprint density at radius 3 is 2.61 bits per heavy atom. The van der Waals surface area contributed by atoms with Crippen LogP contribution < -0.4 is 4.90 Å². The van der Waals surface area contributed by atoms with E-state index in [1.807, 2.05) is 0 Å². The van der Waals surface area contributed by atoms with Crippen LogP contribution in [0.2, 0.25) is 0 Å². The molecular formula is C10H11BrFNO4S. The third kappa shape index (κ3) is 3.76. The predicted molar refractivity (Wildman–Crippen MR) is 69.0 cm³/mol. The summed E-state index contributed by atoms with van der Waals surface area (Å²) in [6.07, 6.45) is -0.982. The lowest BCUT2D eigenvalue weighted by molar-refractivity contribution is 0.206. The van der Waals surface area contributed by atoms with Crippen LogP contribution in [0.25, 0.3) is 0 Å². The molecule has 0 aliphatic rings. The summed E-state index contributed by atoms with van der Waals surface area (Å²) in [6.45, 7) is 3.39. The summed E-state index contributed by atoms with van der Waals surface area (Å²) in [5.41, 5.74) is 0.355. The second-order valence-corrected chi connectivity index (χ2v) is 5.08. The van der Waals surface area contributed by atoms with Gasteiger partial charge in [-0.25, -0.2) is 9.18 Å². The number of amides is 1. The van der Waals surface area contributed by atoms with Gasteiger partial charge >= 0.3 is 17.5 Å². The Balaban J connectivity index is 3.08. The molecule has 5 nitrogen and oxygen atoms in total. The lowest BCUT2D eigenvalue weighted by atomic mass is 10.2. The molecule has 1 aromatic carbocycles. The number of nitrogens with zero attached hydrogens (tertiary/aromatic N) is 1. The summed E-state index contributed by atoms with van der Waals surface area (Å²) in [7, 11) is 0. The molecule has 1 N–H and O–H groups in total. The van der Waals surface area contributed by atoms with E-state index < -0.39 is 23.3 Å². The van der Waals surface area contributed by atoms with Crippen molar-refractivity contribution in [3.63, 3.8) is 0 Å². The van der Waals surface area contributed by atoms with E-state index in [1.54, 1.807) is 13.8 Å². The zero-order valence-electron chi connectivity index (χ0n) is 9.59. The van der Waals surface area contributed by atoms with Gasteiger partial charge in [0.15, 0.2) is 0 Å². The molecule has 8 heteroatoms. The Morgan fingerprint density at radius 1 is 1.56 bits per heavy atom. The highest BCUT2D eigenvalue weighted by atomic mass is 79.9. The summed E-state index contributed by atoms with van der Waals surface area (Å²) in [6, 6.07) is 3.62. The van der Waals surface area contributed by atoms with Gasteiger partial charge < -0.3 is 4.18 Å². The van der Waals surface area contributed by atoms with Crippen LogP contribution in [0.5, 0.6) is 0 Å². The van der Waals surface area contributed by atoms with E-state index in [9.17, 15) is 13.4 Å². The maximum Gasteiger partial charge on any atom is 0.430 e. The van der Waals surface area contributed by atoms with E-state index in [4.69, 9.17) is 4.55 Å². The van der Waals surface area contributed by atoms with Crippen LogP contribution in [-0.2, 0) is 15.5 Å². The Bertz CT molecular complexity index is 483. The quantitative estimate of drug-likeness (QED) is 0.859. The summed E-state index contributed by atoms with van der Waals surface area (Å²) in [5, 5.41) is 0. The highest BCUT2D eigenvalue weighted by Gasteiger charge is 2.23. The van der Waals surface area contributed by atoms with Crippen molar-refractivity contribution in [2.75, 3.05) is 4.90 Å². The van der Waals surface area contributed by atoms with Gasteiger partial charge in [0.1, 0.15) is 5.82 Å². The predicted octanol–water partition coefficient (Wildman–Crippen LogP) is 3.08. The summed E-state index contributed by atoms with van der Waals surface area (Å²) in [5.74, 6) is -0.471. The van der Waals surface area contributed by atoms with Crippen LogP contribution >= 0.6 is 15.9 Å². The molecule has 1 atom stereocenters. The van der Waals surface area contributed by atoms with Crippen molar-refractivity contribution in [1.29, 1.82) is 0 Å². The molecule has 1 aromatic rings. The number of hydrogen-bond acceptors (Lipinski definition) is 3. The van der Waals surface area contributed by atoms with Crippen molar-refractivity contribution in [2.24, 2.45) is 0 Å². The van der Waals surface area contributed by atoms with Gasteiger partial charge in [-0.3, -0.25) is 9.45 Å². The third-order valence-corrected chi connectivity index (χ3v) is 2.93. The minimum atomic E-state index is -2.69. The van der Waals surface area contributed by atoms with E-state index in [0.717, 1.165) is 4.90 Å². The van der Waals surface area contributed by atoms with Crippen molar-refractivity contribution in [3.8, 4) is 0 Å². The number of carbonyl (C=O) groups is 1. The van der Waals surface area contributed by atoms with Crippen LogP contribution in [0.4, 0.5) is 14.9 Å². The fraction of sp³-hybridized carbons (Fsp3) is 0.300. The molecule has 1 rings (SSSR count). The van der Waals surface area contributed by atoms with Crippen LogP contribution in [0, 0.1) is 5.82 Å². The van der Waals surface area contributed by atoms with Gasteiger partial charge in [-0.05, 0) is 48.0 Å². The van der Waals surface area contributed by atoms with Gasteiger partial charge in [-0.15, -0.1) is 0 Å². The smallest absolute Gasteiger partial charge is 0.325 e. The molecule has 0 aliphatic carbocycles. The van der Waals surface area contributed by atoms with E-state index in [-0.39, 0.29) is 10.5 Å². The summed E-state index contributed by atoms with van der Waals surface area (Å²) in [4.78, 5) is 12.8. The molecule has 0 aliphatic heterocycles. The highest BCUT2D eigenvalue weighted by molar-refractivity contribution is 9.10. The first-order valence-electron chi connectivity index (χ1n) is 4.90. The fourth-order valence-electron chi connectivity index (χ4n) is 1.35. The molecule has 0 spiro atoms. The largest absolute Gasteiger partial charge is 0.430 e. The minimum absolute atomic E-state index is 0.184. The van der Waals surface area contributed by atoms with Crippen molar-refractivity contribution in [1.82, 2.24) is 0 Å².